The third-order valence-electron chi connectivity index (χ3n) is 2.38. The van der Waals surface area contributed by atoms with E-state index in [1.165, 1.54) is 6.42 Å². The Morgan fingerprint density at radius 1 is 1.27 bits per heavy atom. The highest BCUT2D eigenvalue weighted by Gasteiger charge is 2.19. The van der Waals surface area contributed by atoms with Crippen molar-refractivity contribution >= 4 is 11.8 Å². The molecule has 0 aliphatic carbocycles. The molecule has 86 valence electrons. The fourth-order valence-corrected chi connectivity index (χ4v) is 1.55. The standard InChI is InChI=1S/C9H18N4O2/c10-7(6-8(11)14)9(15)12-13-4-2-1-3-5-13/h7H,1-6,10H2,(H2,11,14)(H,12,15). The Bertz CT molecular complexity index is 238. The van der Waals surface area contributed by atoms with Crippen molar-refractivity contribution in [3.63, 3.8) is 0 Å². The lowest BCUT2D eigenvalue weighted by Crippen LogP contribution is -2.52. The molecule has 1 aliphatic heterocycles. The molecular formula is C9H18N4O2. The van der Waals surface area contributed by atoms with Gasteiger partial charge in [-0.15, -0.1) is 0 Å². The molecular weight excluding hydrogens is 196 g/mol. The molecule has 0 aromatic carbocycles. The van der Waals surface area contributed by atoms with Gasteiger partial charge in [-0.25, -0.2) is 5.01 Å². The molecule has 15 heavy (non-hydrogen) atoms. The van der Waals surface area contributed by atoms with Gasteiger partial charge in [-0.1, -0.05) is 6.42 Å². The number of nitrogens with two attached hydrogens (primary N) is 2. The zero-order chi connectivity index (χ0) is 11.3. The summed E-state index contributed by atoms with van der Waals surface area (Å²) in [6.45, 7) is 1.68. The second kappa shape index (κ2) is 5.67. The summed E-state index contributed by atoms with van der Waals surface area (Å²) in [5.41, 5.74) is 13.1. The first-order valence-corrected chi connectivity index (χ1v) is 5.19. The summed E-state index contributed by atoms with van der Waals surface area (Å²) in [5, 5.41) is 1.84. The van der Waals surface area contributed by atoms with Crippen LogP contribution in [0.4, 0.5) is 0 Å². The number of primary amides is 1. The summed E-state index contributed by atoms with van der Waals surface area (Å²) in [4.78, 5) is 22.0. The Morgan fingerprint density at radius 3 is 2.40 bits per heavy atom. The maximum Gasteiger partial charge on any atom is 0.251 e. The van der Waals surface area contributed by atoms with E-state index in [4.69, 9.17) is 11.5 Å². The third kappa shape index (κ3) is 4.26. The molecule has 2 amide bonds. The minimum Gasteiger partial charge on any atom is -0.370 e. The van der Waals surface area contributed by atoms with Crippen LogP contribution in [0.15, 0.2) is 0 Å². The Hall–Kier alpha value is -1.14. The Kier molecular flexibility index (Phi) is 4.51. The van der Waals surface area contributed by atoms with Crippen molar-refractivity contribution in [2.45, 2.75) is 31.7 Å². The van der Waals surface area contributed by atoms with E-state index in [0.29, 0.717) is 0 Å². The summed E-state index contributed by atoms with van der Waals surface area (Å²) in [6.07, 6.45) is 3.23. The second-order valence-corrected chi connectivity index (χ2v) is 3.80. The van der Waals surface area contributed by atoms with E-state index in [0.717, 1.165) is 25.9 Å². The van der Waals surface area contributed by atoms with Crippen molar-refractivity contribution in [1.29, 1.82) is 0 Å². The van der Waals surface area contributed by atoms with Crippen molar-refractivity contribution in [2.75, 3.05) is 13.1 Å². The van der Waals surface area contributed by atoms with Crippen LogP contribution < -0.4 is 16.9 Å². The van der Waals surface area contributed by atoms with Crippen LogP contribution in [-0.2, 0) is 9.59 Å². The van der Waals surface area contributed by atoms with E-state index >= 15 is 0 Å². The van der Waals surface area contributed by atoms with Crippen molar-refractivity contribution in [3.8, 4) is 0 Å². The van der Waals surface area contributed by atoms with Crippen LogP contribution >= 0.6 is 0 Å². The summed E-state index contributed by atoms with van der Waals surface area (Å²) >= 11 is 0. The molecule has 0 saturated carbocycles. The second-order valence-electron chi connectivity index (χ2n) is 3.80. The molecule has 1 saturated heterocycles. The Balaban J connectivity index is 2.30. The number of hydrazine groups is 1. The van der Waals surface area contributed by atoms with Crippen molar-refractivity contribution in [1.82, 2.24) is 10.4 Å². The average Bonchev–Trinajstić information content (AvgIpc) is 2.18. The lowest BCUT2D eigenvalue weighted by Gasteiger charge is -2.27. The fraction of sp³-hybridized carbons (Fsp3) is 0.778. The predicted octanol–water partition coefficient (Wildman–Crippen LogP) is -1.29. The molecule has 0 spiro atoms. The minimum absolute atomic E-state index is 0.111. The largest absolute Gasteiger partial charge is 0.370 e. The van der Waals surface area contributed by atoms with Gasteiger partial charge in [0.1, 0.15) is 0 Å². The summed E-state index contributed by atoms with van der Waals surface area (Å²) in [6, 6.07) is -0.843. The van der Waals surface area contributed by atoms with E-state index in [1.54, 1.807) is 0 Å². The van der Waals surface area contributed by atoms with Crippen molar-refractivity contribution in [2.24, 2.45) is 11.5 Å². The maximum absolute atomic E-state index is 11.5. The quantitative estimate of drug-likeness (QED) is 0.541. The molecule has 1 rings (SSSR count). The van der Waals surface area contributed by atoms with Crippen LogP contribution in [0.25, 0.3) is 0 Å². The molecule has 6 heteroatoms. The predicted molar refractivity (Wildman–Crippen MR) is 55.4 cm³/mol. The number of hydrogen-bond donors (Lipinski definition) is 3. The van der Waals surface area contributed by atoms with Crippen LogP contribution in [0.5, 0.6) is 0 Å². The molecule has 0 aromatic heterocycles. The lowest BCUT2D eigenvalue weighted by atomic mass is 10.1. The van der Waals surface area contributed by atoms with Crippen LogP contribution in [0, 0.1) is 0 Å². The van der Waals surface area contributed by atoms with E-state index in [-0.39, 0.29) is 12.3 Å². The van der Waals surface area contributed by atoms with Gasteiger partial charge in [0, 0.05) is 13.1 Å². The van der Waals surface area contributed by atoms with Crippen molar-refractivity contribution < 1.29 is 9.59 Å². The van der Waals surface area contributed by atoms with Gasteiger partial charge in [-0.3, -0.25) is 15.0 Å². The van der Waals surface area contributed by atoms with Crippen LogP contribution in [-0.4, -0.2) is 36.0 Å². The summed E-state index contributed by atoms with van der Waals surface area (Å²) in [7, 11) is 0. The normalized spacial score (nSPS) is 19.5. The molecule has 1 fully saturated rings. The molecule has 0 aromatic rings. The van der Waals surface area contributed by atoms with Gasteiger partial charge >= 0.3 is 0 Å². The number of carbonyl (C=O) groups excluding carboxylic acids is 2. The summed E-state index contributed by atoms with van der Waals surface area (Å²) in [5.74, 6) is -0.896. The number of piperidine rings is 1. The van der Waals surface area contributed by atoms with Crippen LogP contribution in [0.3, 0.4) is 0 Å². The number of rotatable bonds is 4. The van der Waals surface area contributed by atoms with Gasteiger partial charge < -0.3 is 11.5 Å². The monoisotopic (exact) mass is 214 g/mol. The molecule has 0 bridgehead atoms. The van der Waals surface area contributed by atoms with Gasteiger partial charge in [0.25, 0.3) is 5.91 Å². The first kappa shape index (κ1) is 11.9. The zero-order valence-electron chi connectivity index (χ0n) is 8.74. The first-order valence-electron chi connectivity index (χ1n) is 5.19. The highest BCUT2D eigenvalue weighted by molar-refractivity contribution is 5.87. The molecule has 1 heterocycles. The van der Waals surface area contributed by atoms with Gasteiger partial charge in [0.2, 0.25) is 5.91 Å². The van der Waals surface area contributed by atoms with Crippen LogP contribution in [0.1, 0.15) is 25.7 Å². The average molecular weight is 214 g/mol. The molecule has 5 N–H and O–H groups in total. The Morgan fingerprint density at radius 2 is 1.87 bits per heavy atom. The molecule has 0 radical (unpaired) electrons. The molecule has 6 nitrogen and oxygen atoms in total. The topological polar surface area (TPSA) is 101 Å². The third-order valence-corrected chi connectivity index (χ3v) is 2.38. The molecule has 1 unspecified atom stereocenters. The van der Waals surface area contributed by atoms with Gasteiger partial charge in [0.05, 0.1) is 12.5 Å². The smallest absolute Gasteiger partial charge is 0.251 e. The molecule has 1 aliphatic rings. The van der Waals surface area contributed by atoms with Crippen molar-refractivity contribution in [3.05, 3.63) is 0 Å². The molecule has 1 atom stereocenters. The minimum atomic E-state index is -0.843. The number of amides is 2. The summed E-state index contributed by atoms with van der Waals surface area (Å²) < 4.78 is 0. The van der Waals surface area contributed by atoms with Crippen LogP contribution in [0.2, 0.25) is 0 Å². The SMILES string of the molecule is NC(=O)CC(N)C(=O)NN1CCCCC1. The van der Waals surface area contributed by atoms with Gasteiger partial charge in [-0.2, -0.15) is 0 Å². The zero-order valence-corrected chi connectivity index (χ0v) is 8.74. The highest BCUT2D eigenvalue weighted by atomic mass is 16.2. The first-order chi connectivity index (χ1) is 7.09. The fourth-order valence-electron chi connectivity index (χ4n) is 1.55. The lowest BCUT2D eigenvalue weighted by molar-refractivity contribution is -0.130. The van der Waals surface area contributed by atoms with Gasteiger partial charge in [-0.05, 0) is 12.8 Å². The number of hydrogen-bond acceptors (Lipinski definition) is 4. The number of nitrogens with zero attached hydrogens (tertiary/aromatic N) is 1. The van der Waals surface area contributed by atoms with E-state index < -0.39 is 11.9 Å². The number of nitrogens with one attached hydrogen (secondary N) is 1. The van der Waals surface area contributed by atoms with E-state index in [2.05, 4.69) is 5.43 Å². The number of carbonyl (C=O) groups is 2. The maximum atomic E-state index is 11.5. The van der Waals surface area contributed by atoms with Gasteiger partial charge in [0.15, 0.2) is 0 Å². The highest BCUT2D eigenvalue weighted by Crippen LogP contribution is 2.05. The van der Waals surface area contributed by atoms with E-state index in [9.17, 15) is 9.59 Å². The van der Waals surface area contributed by atoms with E-state index in [1.807, 2.05) is 5.01 Å². The Labute approximate surface area is 88.9 Å².